The van der Waals surface area contributed by atoms with Gasteiger partial charge in [-0.2, -0.15) is 0 Å². The molecule has 29 heavy (non-hydrogen) atoms. The van der Waals surface area contributed by atoms with Gasteiger partial charge in [0.25, 0.3) is 11.6 Å². The number of benzene rings is 2. The number of carbonyl (C=O) groups is 1. The van der Waals surface area contributed by atoms with Crippen LogP contribution in [0.1, 0.15) is 10.4 Å². The third-order valence-electron chi connectivity index (χ3n) is 5.00. The van der Waals surface area contributed by atoms with Crippen molar-refractivity contribution in [1.29, 1.82) is 0 Å². The number of nitro groups is 1. The normalized spacial score (nSPS) is 14.3. The van der Waals surface area contributed by atoms with Crippen molar-refractivity contribution >= 4 is 51.4 Å². The Labute approximate surface area is 176 Å². The summed E-state index contributed by atoms with van der Waals surface area (Å²) in [4.78, 5) is 31.9. The van der Waals surface area contributed by atoms with Crippen molar-refractivity contribution in [1.82, 2.24) is 9.88 Å². The van der Waals surface area contributed by atoms with Gasteiger partial charge in [0.15, 0.2) is 0 Å². The molecule has 0 bridgehead atoms. The van der Waals surface area contributed by atoms with E-state index in [0.29, 0.717) is 52.7 Å². The van der Waals surface area contributed by atoms with Crippen molar-refractivity contribution in [2.24, 2.45) is 0 Å². The number of halogens is 2. The fourth-order valence-electron chi connectivity index (χ4n) is 3.52. The number of fused-ring (bicyclic) bond motifs is 1. The van der Waals surface area contributed by atoms with Crippen LogP contribution in [0.5, 0.6) is 0 Å². The number of nitrogens with zero attached hydrogens (tertiary/aromatic N) is 4. The Balaban J connectivity index is 1.54. The number of hydrogen-bond acceptors (Lipinski definition) is 5. The summed E-state index contributed by atoms with van der Waals surface area (Å²) in [7, 11) is 0. The molecule has 148 valence electrons. The van der Waals surface area contributed by atoms with E-state index in [0.717, 1.165) is 5.69 Å². The zero-order valence-electron chi connectivity index (χ0n) is 15.2. The van der Waals surface area contributed by atoms with Gasteiger partial charge in [0, 0.05) is 44.0 Å². The van der Waals surface area contributed by atoms with Crippen LogP contribution >= 0.6 is 23.2 Å². The van der Waals surface area contributed by atoms with Gasteiger partial charge in [0.2, 0.25) is 0 Å². The lowest BCUT2D eigenvalue weighted by Crippen LogP contribution is -2.48. The van der Waals surface area contributed by atoms with Crippen molar-refractivity contribution in [3.05, 3.63) is 74.4 Å². The summed E-state index contributed by atoms with van der Waals surface area (Å²) in [5.74, 6) is -0.102. The maximum Gasteiger partial charge on any atom is 0.278 e. The number of non-ortho nitro benzene ring substituents is 1. The quantitative estimate of drug-likeness (QED) is 0.453. The van der Waals surface area contributed by atoms with Gasteiger partial charge in [-0.15, -0.1) is 0 Å². The molecule has 1 aliphatic heterocycles. The molecule has 2 aromatic carbocycles. The molecule has 2 heterocycles. The number of aromatic nitrogens is 1. The smallest absolute Gasteiger partial charge is 0.278 e. The van der Waals surface area contributed by atoms with Gasteiger partial charge in [-0.05, 0) is 36.4 Å². The summed E-state index contributed by atoms with van der Waals surface area (Å²) in [5.41, 5.74) is 1.94. The van der Waals surface area contributed by atoms with Crippen LogP contribution < -0.4 is 4.90 Å². The maximum absolute atomic E-state index is 12.8. The highest BCUT2D eigenvalue weighted by atomic mass is 35.5. The van der Waals surface area contributed by atoms with Gasteiger partial charge in [-0.1, -0.05) is 23.2 Å². The Morgan fingerprint density at radius 1 is 1.03 bits per heavy atom. The second-order valence-corrected chi connectivity index (χ2v) is 7.48. The lowest BCUT2D eigenvalue weighted by atomic mass is 10.1. The number of amides is 1. The Hall–Kier alpha value is -2.90. The second-order valence-electron chi connectivity index (χ2n) is 6.67. The number of pyridine rings is 1. The second kappa shape index (κ2) is 7.85. The Morgan fingerprint density at radius 2 is 1.79 bits per heavy atom. The topological polar surface area (TPSA) is 79.6 Å². The van der Waals surface area contributed by atoms with Crippen molar-refractivity contribution in [3.8, 4) is 0 Å². The minimum atomic E-state index is -0.401. The van der Waals surface area contributed by atoms with Crippen LogP contribution in [0.25, 0.3) is 10.9 Å². The number of piperazine rings is 1. The number of anilines is 1. The molecule has 0 unspecified atom stereocenters. The maximum atomic E-state index is 12.8. The molecule has 1 aliphatic rings. The largest absolute Gasteiger partial charge is 0.366 e. The molecule has 0 atom stereocenters. The van der Waals surface area contributed by atoms with Gasteiger partial charge in [-0.3, -0.25) is 19.9 Å². The van der Waals surface area contributed by atoms with Crippen molar-refractivity contribution in [3.63, 3.8) is 0 Å². The monoisotopic (exact) mass is 430 g/mol. The van der Waals surface area contributed by atoms with Crippen LogP contribution in [0.15, 0.2) is 48.7 Å². The molecular weight excluding hydrogens is 415 g/mol. The summed E-state index contributed by atoms with van der Waals surface area (Å²) in [6, 6.07) is 11.5. The summed E-state index contributed by atoms with van der Waals surface area (Å²) >= 11 is 11.9. The zero-order chi connectivity index (χ0) is 20.5. The Kier molecular flexibility index (Phi) is 5.25. The fraction of sp³-hybridized carbons (Fsp3) is 0.200. The molecule has 4 rings (SSSR count). The summed E-state index contributed by atoms with van der Waals surface area (Å²) in [6.45, 7) is 2.22. The average Bonchev–Trinajstić information content (AvgIpc) is 2.74. The van der Waals surface area contributed by atoms with E-state index in [1.165, 1.54) is 6.07 Å². The van der Waals surface area contributed by atoms with Gasteiger partial charge < -0.3 is 9.80 Å². The molecule has 1 saturated heterocycles. The third-order valence-corrected chi connectivity index (χ3v) is 5.74. The van der Waals surface area contributed by atoms with E-state index in [-0.39, 0.29) is 11.6 Å². The number of hydrogen-bond donors (Lipinski definition) is 0. The van der Waals surface area contributed by atoms with Crippen LogP contribution in [0.4, 0.5) is 11.4 Å². The number of carbonyl (C=O) groups excluding carboxylic acids is 1. The number of nitro benzene ring substituents is 1. The van der Waals surface area contributed by atoms with E-state index in [4.69, 9.17) is 23.2 Å². The highest BCUT2D eigenvalue weighted by Gasteiger charge is 2.25. The highest BCUT2D eigenvalue weighted by molar-refractivity contribution is 6.42. The first-order valence-electron chi connectivity index (χ1n) is 8.97. The lowest BCUT2D eigenvalue weighted by molar-refractivity contribution is -0.383. The zero-order valence-corrected chi connectivity index (χ0v) is 16.7. The minimum Gasteiger partial charge on any atom is -0.366 e. The first-order valence-corrected chi connectivity index (χ1v) is 9.72. The molecule has 0 saturated carbocycles. The van der Waals surface area contributed by atoms with E-state index in [1.807, 2.05) is 0 Å². The van der Waals surface area contributed by atoms with Gasteiger partial charge >= 0.3 is 0 Å². The van der Waals surface area contributed by atoms with E-state index in [1.54, 1.807) is 47.5 Å². The fourth-order valence-corrected chi connectivity index (χ4v) is 3.82. The molecule has 1 amide bonds. The molecule has 0 N–H and O–H groups in total. The SMILES string of the molecule is O=C(c1ccc(Cl)c(Cl)c1)N1CCN(c2ccc([N+](=O)[O-])c3cccnc23)CC1. The predicted octanol–water partition coefficient (Wildman–Crippen LogP) is 4.41. The standard InChI is InChI=1S/C20H16Cl2N4O3/c21-15-4-3-13(12-16(15)22)20(27)25-10-8-24(9-11-25)18-6-5-17(26(28)29)14-2-1-7-23-19(14)18/h1-7,12H,8-11H2. The molecule has 7 nitrogen and oxygen atoms in total. The highest BCUT2D eigenvalue weighted by Crippen LogP contribution is 2.32. The van der Waals surface area contributed by atoms with Gasteiger partial charge in [0.05, 0.1) is 26.0 Å². The molecule has 3 aromatic rings. The first kappa shape index (κ1) is 19.4. The minimum absolute atomic E-state index is 0.0327. The van der Waals surface area contributed by atoms with Gasteiger partial charge in [0.1, 0.15) is 5.52 Å². The van der Waals surface area contributed by atoms with E-state index in [2.05, 4.69) is 9.88 Å². The van der Waals surface area contributed by atoms with E-state index in [9.17, 15) is 14.9 Å². The Morgan fingerprint density at radius 3 is 2.48 bits per heavy atom. The van der Waals surface area contributed by atoms with Crippen LogP contribution in [-0.4, -0.2) is 46.9 Å². The van der Waals surface area contributed by atoms with Crippen LogP contribution in [0, 0.1) is 10.1 Å². The van der Waals surface area contributed by atoms with Crippen LogP contribution in [0.2, 0.25) is 10.0 Å². The van der Waals surface area contributed by atoms with Crippen molar-refractivity contribution in [2.45, 2.75) is 0 Å². The van der Waals surface area contributed by atoms with Gasteiger partial charge in [-0.25, -0.2) is 0 Å². The van der Waals surface area contributed by atoms with Crippen LogP contribution in [-0.2, 0) is 0 Å². The van der Waals surface area contributed by atoms with E-state index < -0.39 is 4.92 Å². The summed E-state index contributed by atoms with van der Waals surface area (Å²) in [5, 5.41) is 12.6. The van der Waals surface area contributed by atoms with Crippen LogP contribution in [0.3, 0.4) is 0 Å². The number of rotatable bonds is 3. The van der Waals surface area contributed by atoms with E-state index >= 15 is 0 Å². The molecule has 0 aliphatic carbocycles. The molecular formula is C20H16Cl2N4O3. The predicted molar refractivity (Wildman–Crippen MR) is 113 cm³/mol. The molecule has 1 aromatic heterocycles. The molecule has 1 fully saturated rings. The average molecular weight is 431 g/mol. The Bertz CT molecular complexity index is 1110. The van der Waals surface area contributed by atoms with Crippen molar-refractivity contribution < 1.29 is 9.72 Å². The lowest BCUT2D eigenvalue weighted by Gasteiger charge is -2.36. The summed E-state index contributed by atoms with van der Waals surface area (Å²) in [6.07, 6.45) is 1.62. The first-order chi connectivity index (χ1) is 14.0. The molecule has 0 spiro atoms. The molecule has 9 heteroatoms. The summed E-state index contributed by atoms with van der Waals surface area (Å²) < 4.78 is 0. The molecule has 0 radical (unpaired) electrons. The van der Waals surface area contributed by atoms with Crippen molar-refractivity contribution in [2.75, 3.05) is 31.1 Å². The third kappa shape index (κ3) is 3.71.